The van der Waals surface area contributed by atoms with Crippen LogP contribution in [0.15, 0.2) is 47.7 Å². The molecule has 1 aliphatic heterocycles. The topological polar surface area (TPSA) is 87.8 Å². The second-order valence-corrected chi connectivity index (χ2v) is 7.30. The summed E-state index contributed by atoms with van der Waals surface area (Å²) in [4.78, 5) is 12.0. The highest BCUT2D eigenvalue weighted by Crippen LogP contribution is 2.26. The van der Waals surface area contributed by atoms with Gasteiger partial charge in [-0.1, -0.05) is 17.9 Å². The molecule has 1 aromatic carbocycles. The summed E-state index contributed by atoms with van der Waals surface area (Å²) in [5, 5.41) is 7.05. The Morgan fingerprint density at radius 2 is 2.04 bits per heavy atom. The van der Waals surface area contributed by atoms with Gasteiger partial charge < -0.3 is 26.0 Å². The minimum absolute atomic E-state index is 0.542. The number of morpholine rings is 1. The van der Waals surface area contributed by atoms with Crippen LogP contribution in [0.4, 0.5) is 16.5 Å². The second-order valence-electron chi connectivity index (χ2n) is 6.30. The van der Waals surface area contributed by atoms with E-state index in [-0.39, 0.29) is 0 Å². The quantitative estimate of drug-likeness (QED) is 0.621. The lowest BCUT2D eigenvalue weighted by Gasteiger charge is -2.28. The van der Waals surface area contributed by atoms with Crippen molar-refractivity contribution >= 4 is 39.8 Å². The molecule has 1 saturated heterocycles. The number of aryl methyl sites for hydroxylation is 1. The molecular formula is C20H26N6OS. The first-order valence-corrected chi connectivity index (χ1v) is 9.92. The van der Waals surface area contributed by atoms with Crippen LogP contribution in [0.3, 0.4) is 0 Å². The van der Waals surface area contributed by atoms with E-state index >= 15 is 0 Å². The molecule has 2 aromatic rings. The first kappa shape index (κ1) is 19.9. The third kappa shape index (κ3) is 5.11. The monoisotopic (exact) mass is 398 g/mol. The lowest BCUT2D eigenvalue weighted by molar-refractivity contribution is 0.122. The van der Waals surface area contributed by atoms with E-state index in [0.29, 0.717) is 11.5 Å². The molecule has 4 N–H and O–H groups in total. The molecule has 0 spiro atoms. The van der Waals surface area contributed by atoms with E-state index in [1.807, 2.05) is 26.1 Å². The summed E-state index contributed by atoms with van der Waals surface area (Å²) in [5.41, 5.74) is 9.80. The third-order valence-corrected chi connectivity index (χ3v) is 5.51. The maximum absolute atomic E-state index is 6.14. The van der Waals surface area contributed by atoms with Crippen LogP contribution >= 0.6 is 11.3 Å². The van der Waals surface area contributed by atoms with Crippen molar-refractivity contribution < 1.29 is 4.74 Å². The fourth-order valence-corrected chi connectivity index (χ4v) is 3.69. The smallest absolute Gasteiger partial charge is 0.183 e. The minimum Gasteiger partial charge on any atom is -0.397 e. The number of rotatable bonds is 7. The van der Waals surface area contributed by atoms with Crippen LogP contribution in [0.25, 0.3) is 5.70 Å². The maximum Gasteiger partial charge on any atom is 0.183 e. The Morgan fingerprint density at radius 3 is 2.68 bits per heavy atom. The molecule has 3 rings (SSSR count). The van der Waals surface area contributed by atoms with E-state index in [1.54, 1.807) is 12.3 Å². The van der Waals surface area contributed by atoms with Crippen molar-refractivity contribution in [3.05, 3.63) is 53.3 Å². The molecule has 8 heteroatoms. The predicted octanol–water partition coefficient (Wildman–Crippen LogP) is 3.28. The van der Waals surface area contributed by atoms with Crippen molar-refractivity contribution in [2.24, 2.45) is 10.7 Å². The van der Waals surface area contributed by atoms with E-state index in [9.17, 15) is 0 Å². The first-order chi connectivity index (χ1) is 13.6. The van der Waals surface area contributed by atoms with Gasteiger partial charge in [0.1, 0.15) is 5.82 Å². The van der Waals surface area contributed by atoms with Gasteiger partial charge in [-0.15, -0.1) is 0 Å². The molecule has 7 nitrogen and oxygen atoms in total. The number of allylic oxidation sites excluding steroid dienone is 1. The zero-order valence-corrected chi connectivity index (χ0v) is 17.1. The van der Waals surface area contributed by atoms with Gasteiger partial charge >= 0.3 is 0 Å². The highest BCUT2D eigenvalue weighted by atomic mass is 32.1. The molecular weight excluding hydrogens is 372 g/mol. The summed E-state index contributed by atoms with van der Waals surface area (Å²) in [5.74, 6) is 0.542. The van der Waals surface area contributed by atoms with Gasteiger partial charge in [0.2, 0.25) is 0 Å². The molecule has 28 heavy (non-hydrogen) atoms. The van der Waals surface area contributed by atoms with Crippen LogP contribution in [-0.2, 0) is 4.74 Å². The molecule has 2 heterocycles. The van der Waals surface area contributed by atoms with Gasteiger partial charge in [0.15, 0.2) is 5.13 Å². The molecule has 0 unspecified atom stereocenters. The molecule has 0 atom stereocenters. The second kappa shape index (κ2) is 9.38. The van der Waals surface area contributed by atoms with Crippen LogP contribution in [0.5, 0.6) is 0 Å². The average molecular weight is 399 g/mol. The Kier molecular flexibility index (Phi) is 6.67. The zero-order chi connectivity index (χ0) is 19.9. The van der Waals surface area contributed by atoms with Crippen LogP contribution in [0, 0.1) is 6.92 Å². The summed E-state index contributed by atoms with van der Waals surface area (Å²) >= 11 is 1.52. The van der Waals surface area contributed by atoms with Crippen LogP contribution < -0.4 is 21.3 Å². The molecule has 0 radical (unpaired) electrons. The third-order valence-electron chi connectivity index (χ3n) is 4.29. The van der Waals surface area contributed by atoms with Gasteiger partial charge in [0.05, 0.1) is 29.5 Å². The van der Waals surface area contributed by atoms with Crippen LogP contribution in [0.2, 0.25) is 0 Å². The minimum atomic E-state index is 0.542. The lowest BCUT2D eigenvalue weighted by Crippen LogP contribution is -2.36. The Morgan fingerprint density at radius 1 is 1.32 bits per heavy atom. The van der Waals surface area contributed by atoms with E-state index in [1.165, 1.54) is 17.0 Å². The summed E-state index contributed by atoms with van der Waals surface area (Å²) in [6.07, 6.45) is 3.40. The number of aromatic nitrogens is 1. The molecule has 0 amide bonds. The van der Waals surface area contributed by atoms with E-state index in [0.717, 1.165) is 47.7 Å². The fraction of sp³-hybridized carbons (Fsp3) is 0.300. The van der Waals surface area contributed by atoms with Gasteiger partial charge in [0.25, 0.3) is 0 Å². The van der Waals surface area contributed by atoms with Crippen molar-refractivity contribution in [3.63, 3.8) is 0 Å². The Labute approximate surface area is 169 Å². The van der Waals surface area contributed by atoms with Crippen LogP contribution in [-0.4, -0.2) is 44.5 Å². The van der Waals surface area contributed by atoms with E-state index in [4.69, 9.17) is 10.5 Å². The number of anilines is 3. The van der Waals surface area contributed by atoms with Gasteiger partial charge in [-0.3, -0.25) is 0 Å². The first-order valence-electron chi connectivity index (χ1n) is 9.11. The molecule has 1 fully saturated rings. The van der Waals surface area contributed by atoms with E-state index < -0.39 is 0 Å². The number of aliphatic imine (C=N–C) groups is 1. The zero-order valence-electron chi connectivity index (χ0n) is 16.2. The molecule has 148 valence electrons. The van der Waals surface area contributed by atoms with Gasteiger partial charge in [0, 0.05) is 37.7 Å². The van der Waals surface area contributed by atoms with Gasteiger partial charge in [-0.25, -0.2) is 9.98 Å². The van der Waals surface area contributed by atoms with E-state index in [2.05, 4.69) is 44.2 Å². The number of ether oxygens (including phenoxy) is 1. The van der Waals surface area contributed by atoms with Crippen molar-refractivity contribution in [2.75, 3.05) is 48.9 Å². The Balaban J connectivity index is 1.56. The van der Waals surface area contributed by atoms with Crippen molar-refractivity contribution in [2.45, 2.75) is 6.92 Å². The van der Waals surface area contributed by atoms with Gasteiger partial charge in [-0.2, -0.15) is 0 Å². The number of thiazole rings is 1. The molecule has 0 bridgehead atoms. The van der Waals surface area contributed by atoms with Gasteiger partial charge in [-0.05, 0) is 37.3 Å². The molecule has 1 aliphatic rings. The maximum atomic E-state index is 6.14. The number of hydrogen-bond acceptors (Lipinski definition) is 8. The number of nitrogens with one attached hydrogen (secondary N) is 2. The van der Waals surface area contributed by atoms with Crippen LogP contribution in [0.1, 0.15) is 10.6 Å². The fourth-order valence-electron chi connectivity index (χ4n) is 2.83. The number of benzene rings is 1. The highest BCUT2D eigenvalue weighted by molar-refractivity contribution is 7.16. The SMILES string of the molecule is C=C(N=C/C=C(\N)c1sc(NC)nc1C)Nc1ccc(N2CCOCC2)cc1. The Bertz CT molecular complexity index is 865. The largest absolute Gasteiger partial charge is 0.397 e. The standard InChI is InChI=1S/C20H26N6OS/c1-14-19(28-20(22-3)24-14)18(21)8-9-23-15(2)25-16-4-6-17(7-5-16)26-10-12-27-13-11-26/h4-9,25H,2,10-13,21H2,1,3H3,(H,22,24)/b18-8-,23-9?. The normalized spacial score (nSPS) is 15.1. The summed E-state index contributed by atoms with van der Waals surface area (Å²) in [6, 6.07) is 8.23. The average Bonchev–Trinajstić information content (AvgIpc) is 3.10. The van der Waals surface area contributed by atoms with Crippen molar-refractivity contribution in [1.29, 1.82) is 0 Å². The molecule has 0 aliphatic carbocycles. The summed E-state index contributed by atoms with van der Waals surface area (Å²) in [7, 11) is 1.84. The predicted molar refractivity (Wildman–Crippen MR) is 119 cm³/mol. The van der Waals surface area contributed by atoms with Crippen molar-refractivity contribution in [3.8, 4) is 0 Å². The number of nitrogens with two attached hydrogens (primary N) is 1. The summed E-state index contributed by atoms with van der Waals surface area (Å²) in [6.45, 7) is 9.28. The molecule has 0 saturated carbocycles. The number of nitrogens with zero attached hydrogens (tertiary/aromatic N) is 3. The summed E-state index contributed by atoms with van der Waals surface area (Å²) < 4.78 is 5.39. The van der Waals surface area contributed by atoms with Crippen molar-refractivity contribution in [1.82, 2.24) is 4.98 Å². The highest BCUT2D eigenvalue weighted by Gasteiger charge is 2.11. The lowest BCUT2D eigenvalue weighted by atomic mass is 10.2. The Hall–Kier alpha value is -2.84. The number of hydrogen-bond donors (Lipinski definition) is 3. The molecule has 1 aromatic heterocycles.